The van der Waals surface area contributed by atoms with Crippen LogP contribution in [-0.4, -0.2) is 10.2 Å². The number of aromatic nitrogens is 2. The van der Waals surface area contributed by atoms with Crippen molar-refractivity contribution in [2.45, 2.75) is 97.3 Å². The van der Waals surface area contributed by atoms with Crippen molar-refractivity contribution >= 4 is 0 Å². The molecule has 2 nitrogen and oxygen atoms in total. The third-order valence-electron chi connectivity index (χ3n) is 6.81. The summed E-state index contributed by atoms with van der Waals surface area (Å²) < 4.78 is 14.4. The first kappa shape index (κ1) is 22.9. The molecule has 3 rings (SSSR count). The summed E-state index contributed by atoms with van der Waals surface area (Å²) in [5, 5.41) is 8.72. The van der Waals surface area contributed by atoms with Gasteiger partial charge in [0, 0.05) is 5.56 Å². The van der Waals surface area contributed by atoms with Crippen LogP contribution in [0.5, 0.6) is 0 Å². The maximum absolute atomic E-state index is 14.4. The molecule has 1 fully saturated rings. The van der Waals surface area contributed by atoms with E-state index in [1.165, 1.54) is 64.2 Å². The average molecular weight is 411 g/mol. The van der Waals surface area contributed by atoms with Crippen LogP contribution in [0.25, 0.3) is 11.3 Å². The standard InChI is InChI=1S/C27H39FN2/c1-3-5-6-7-9-21-10-12-22(13-11-21)14-16-24-17-19-27(30-29-24)25-18-15-23(8-4-2)20-26(25)28/h15,17-22H,3-14,16H2,1-2H3. The lowest BCUT2D eigenvalue weighted by molar-refractivity contribution is 0.248. The van der Waals surface area contributed by atoms with Gasteiger partial charge in [-0.15, -0.1) is 0 Å². The maximum Gasteiger partial charge on any atom is 0.132 e. The molecule has 0 atom stereocenters. The van der Waals surface area contributed by atoms with Crippen LogP contribution in [0.15, 0.2) is 30.3 Å². The summed E-state index contributed by atoms with van der Waals surface area (Å²) in [6.45, 7) is 4.39. The molecule has 0 saturated heterocycles. The van der Waals surface area contributed by atoms with E-state index in [1.807, 2.05) is 24.3 Å². The molecule has 2 aromatic rings. The summed E-state index contributed by atoms with van der Waals surface area (Å²) in [6.07, 6.45) is 16.7. The second-order valence-corrected chi connectivity index (χ2v) is 9.25. The molecule has 1 aliphatic carbocycles. The second-order valence-electron chi connectivity index (χ2n) is 9.25. The van der Waals surface area contributed by atoms with Gasteiger partial charge in [-0.05, 0) is 60.9 Å². The number of aryl methyl sites for hydroxylation is 2. The Bertz CT molecular complexity index is 748. The number of rotatable bonds is 11. The van der Waals surface area contributed by atoms with E-state index in [4.69, 9.17) is 0 Å². The van der Waals surface area contributed by atoms with E-state index in [0.29, 0.717) is 11.3 Å². The molecule has 164 valence electrons. The molecule has 0 bridgehead atoms. The van der Waals surface area contributed by atoms with Crippen LogP contribution in [0.3, 0.4) is 0 Å². The van der Waals surface area contributed by atoms with E-state index in [2.05, 4.69) is 24.0 Å². The molecule has 1 saturated carbocycles. The summed E-state index contributed by atoms with van der Waals surface area (Å²) in [5.41, 5.74) is 3.25. The lowest BCUT2D eigenvalue weighted by Crippen LogP contribution is -2.15. The average Bonchev–Trinajstić information content (AvgIpc) is 2.77. The van der Waals surface area contributed by atoms with Gasteiger partial charge in [0.2, 0.25) is 0 Å². The Morgan fingerprint density at radius 1 is 0.800 bits per heavy atom. The number of halogens is 1. The summed E-state index contributed by atoms with van der Waals surface area (Å²) in [6, 6.07) is 9.42. The third-order valence-corrected chi connectivity index (χ3v) is 6.81. The Morgan fingerprint density at radius 2 is 1.57 bits per heavy atom. The van der Waals surface area contributed by atoms with Crippen LogP contribution >= 0.6 is 0 Å². The summed E-state index contributed by atoms with van der Waals surface area (Å²) in [5.74, 6) is 1.60. The highest BCUT2D eigenvalue weighted by Gasteiger charge is 2.21. The fraction of sp³-hybridized carbons (Fsp3) is 0.630. The number of benzene rings is 1. The topological polar surface area (TPSA) is 25.8 Å². The maximum atomic E-state index is 14.4. The zero-order valence-corrected chi connectivity index (χ0v) is 19.0. The van der Waals surface area contributed by atoms with Crippen molar-refractivity contribution < 1.29 is 4.39 Å². The fourth-order valence-electron chi connectivity index (χ4n) is 4.87. The van der Waals surface area contributed by atoms with E-state index in [9.17, 15) is 4.39 Å². The van der Waals surface area contributed by atoms with Gasteiger partial charge in [-0.1, -0.05) is 84.1 Å². The molecular weight excluding hydrogens is 371 g/mol. The lowest BCUT2D eigenvalue weighted by atomic mass is 9.78. The highest BCUT2D eigenvalue weighted by atomic mass is 19.1. The smallest absolute Gasteiger partial charge is 0.132 e. The van der Waals surface area contributed by atoms with Crippen LogP contribution in [0.1, 0.15) is 95.7 Å². The largest absolute Gasteiger partial charge is 0.206 e. The lowest BCUT2D eigenvalue weighted by Gasteiger charge is -2.28. The number of hydrogen-bond donors (Lipinski definition) is 0. The molecular formula is C27H39FN2. The van der Waals surface area contributed by atoms with Crippen molar-refractivity contribution in [1.29, 1.82) is 0 Å². The molecule has 0 amide bonds. The Labute approximate surface area is 182 Å². The van der Waals surface area contributed by atoms with Crippen molar-refractivity contribution in [1.82, 2.24) is 10.2 Å². The molecule has 0 radical (unpaired) electrons. The Morgan fingerprint density at radius 3 is 2.20 bits per heavy atom. The zero-order valence-electron chi connectivity index (χ0n) is 19.0. The highest BCUT2D eigenvalue weighted by molar-refractivity contribution is 5.59. The fourth-order valence-corrected chi connectivity index (χ4v) is 4.87. The Kier molecular flexibility index (Phi) is 9.29. The van der Waals surface area contributed by atoms with Crippen molar-refractivity contribution in [2.75, 3.05) is 0 Å². The minimum atomic E-state index is -0.200. The Hall–Kier alpha value is -1.77. The quantitative estimate of drug-likeness (QED) is 0.351. The number of unbranched alkanes of at least 4 members (excludes halogenated alkanes) is 3. The van der Waals surface area contributed by atoms with Gasteiger partial charge in [0.15, 0.2) is 0 Å². The first-order chi connectivity index (χ1) is 14.7. The number of hydrogen-bond acceptors (Lipinski definition) is 2. The summed E-state index contributed by atoms with van der Waals surface area (Å²) >= 11 is 0. The van der Waals surface area contributed by atoms with Gasteiger partial charge in [-0.25, -0.2) is 4.39 Å². The van der Waals surface area contributed by atoms with Gasteiger partial charge in [-0.2, -0.15) is 10.2 Å². The van der Waals surface area contributed by atoms with Gasteiger partial charge >= 0.3 is 0 Å². The second kappa shape index (κ2) is 12.2. The Balaban J connectivity index is 1.43. The minimum Gasteiger partial charge on any atom is -0.206 e. The summed E-state index contributed by atoms with van der Waals surface area (Å²) in [4.78, 5) is 0. The van der Waals surface area contributed by atoms with E-state index in [0.717, 1.165) is 42.4 Å². The predicted molar refractivity (Wildman–Crippen MR) is 124 cm³/mol. The van der Waals surface area contributed by atoms with Crippen LogP contribution in [0.4, 0.5) is 4.39 Å². The van der Waals surface area contributed by atoms with Crippen molar-refractivity contribution in [3.05, 3.63) is 47.4 Å². The molecule has 1 heterocycles. The van der Waals surface area contributed by atoms with E-state index >= 15 is 0 Å². The van der Waals surface area contributed by atoms with E-state index in [1.54, 1.807) is 6.07 Å². The first-order valence-electron chi connectivity index (χ1n) is 12.3. The van der Waals surface area contributed by atoms with Gasteiger partial charge in [0.1, 0.15) is 5.82 Å². The van der Waals surface area contributed by atoms with Gasteiger partial charge in [0.05, 0.1) is 11.4 Å². The molecule has 1 aromatic carbocycles. The molecule has 0 aliphatic heterocycles. The minimum absolute atomic E-state index is 0.200. The molecule has 1 aliphatic rings. The third kappa shape index (κ3) is 6.89. The molecule has 3 heteroatoms. The molecule has 0 unspecified atom stereocenters. The van der Waals surface area contributed by atoms with Crippen LogP contribution in [-0.2, 0) is 12.8 Å². The zero-order chi connectivity index (χ0) is 21.2. The van der Waals surface area contributed by atoms with Crippen LogP contribution in [0, 0.1) is 17.7 Å². The van der Waals surface area contributed by atoms with Gasteiger partial charge in [0.25, 0.3) is 0 Å². The number of nitrogens with zero attached hydrogens (tertiary/aromatic N) is 2. The monoisotopic (exact) mass is 410 g/mol. The summed E-state index contributed by atoms with van der Waals surface area (Å²) in [7, 11) is 0. The van der Waals surface area contributed by atoms with Crippen molar-refractivity contribution in [2.24, 2.45) is 11.8 Å². The predicted octanol–water partition coefficient (Wildman–Crippen LogP) is 7.94. The van der Waals surface area contributed by atoms with Crippen molar-refractivity contribution in [3.8, 4) is 11.3 Å². The van der Waals surface area contributed by atoms with E-state index < -0.39 is 0 Å². The van der Waals surface area contributed by atoms with E-state index in [-0.39, 0.29) is 5.82 Å². The van der Waals surface area contributed by atoms with Crippen molar-refractivity contribution in [3.63, 3.8) is 0 Å². The molecule has 30 heavy (non-hydrogen) atoms. The normalized spacial score (nSPS) is 19.2. The SMILES string of the molecule is CCCCCCC1CCC(CCc2ccc(-c3ccc(CCC)cc3F)nn2)CC1. The first-order valence-corrected chi connectivity index (χ1v) is 12.3. The highest BCUT2D eigenvalue weighted by Crippen LogP contribution is 2.34. The van der Waals surface area contributed by atoms with Gasteiger partial charge in [-0.3, -0.25) is 0 Å². The molecule has 0 N–H and O–H groups in total. The molecule has 0 spiro atoms. The van der Waals surface area contributed by atoms with Crippen LogP contribution in [0.2, 0.25) is 0 Å². The van der Waals surface area contributed by atoms with Gasteiger partial charge < -0.3 is 0 Å². The van der Waals surface area contributed by atoms with Crippen LogP contribution < -0.4 is 0 Å². The molecule has 1 aromatic heterocycles.